The molecule has 0 aliphatic carbocycles. The fourth-order valence-corrected chi connectivity index (χ4v) is 4.45. The first-order valence-corrected chi connectivity index (χ1v) is 11.3. The van der Waals surface area contributed by atoms with Gasteiger partial charge in [-0.1, -0.05) is 0 Å². The lowest BCUT2D eigenvalue weighted by molar-refractivity contribution is -0.132. The Morgan fingerprint density at radius 1 is 0.947 bits per heavy atom. The third kappa shape index (κ3) is 4.39. The number of nitriles is 1. The summed E-state index contributed by atoms with van der Waals surface area (Å²) in [7, 11) is 7.36. The number of benzene rings is 2. The molecule has 0 bridgehead atoms. The van der Waals surface area contributed by atoms with Crippen LogP contribution in [0.25, 0.3) is 11.3 Å². The number of hydrogen-bond donors (Lipinski definition) is 2. The highest BCUT2D eigenvalue weighted by Gasteiger charge is 2.42. The molecule has 2 N–H and O–H groups in total. The van der Waals surface area contributed by atoms with E-state index in [1.165, 1.54) is 42.5 Å². The van der Waals surface area contributed by atoms with Crippen molar-refractivity contribution in [1.82, 2.24) is 10.2 Å². The van der Waals surface area contributed by atoms with E-state index >= 15 is 0 Å². The normalized spacial score (nSPS) is 16.0. The monoisotopic (exact) mass is 522 g/mol. The van der Waals surface area contributed by atoms with Crippen molar-refractivity contribution in [1.29, 1.82) is 10.7 Å². The quantitative estimate of drug-likeness (QED) is 0.330. The summed E-state index contributed by atoms with van der Waals surface area (Å²) in [4.78, 5) is 11.7. The molecule has 38 heavy (non-hydrogen) atoms. The van der Waals surface area contributed by atoms with Crippen molar-refractivity contribution in [2.75, 3.05) is 35.5 Å². The van der Waals surface area contributed by atoms with Gasteiger partial charge in [0, 0.05) is 18.4 Å². The molecular weight excluding hydrogens is 496 g/mol. The van der Waals surface area contributed by atoms with Crippen molar-refractivity contribution < 1.29 is 38.0 Å². The Kier molecular flexibility index (Phi) is 7.29. The van der Waals surface area contributed by atoms with E-state index in [2.05, 4.69) is 16.3 Å². The van der Waals surface area contributed by atoms with E-state index in [-0.39, 0.29) is 29.0 Å². The van der Waals surface area contributed by atoms with E-state index in [0.29, 0.717) is 39.6 Å². The largest absolute Gasteiger partial charge is 0.493 e. The van der Waals surface area contributed by atoms with Gasteiger partial charge in [0.1, 0.15) is 5.92 Å². The Morgan fingerprint density at radius 2 is 1.50 bits per heavy atom. The van der Waals surface area contributed by atoms with Gasteiger partial charge in [0.15, 0.2) is 23.0 Å². The Bertz CT molecular complexity index is 1390. The van der Waals surface area contributed by atoms with E-state index in [4.69, 9.17) is 38.6 Å². The van der Waals surface area contributed by atoms with Crippen LogP contribution in [0.4, 0.5) is 0 Å². The Hall–Kier alpha value is -4.92. The van der Waals surface area contributed by atoms with Gasteiger partial charge in [-0.2, -0.15) is 5.26 Å². The molecule has 0 fully saturated rings. The number of carbonyl (C=O) groups excluding carboxylic acids is 1. The second kappa shape index (κ2) is 10.6. The number of esters is 1. The summed E-state index contributed by atoms with van der Waals surface area (Å²) in [5.41, 5.74) is 2.19. The molecule has 2 unspecified atom stereocenters. The van der Waals surface area contributed by atoms with Crippen LogP contribution in [0.1, 0.15) is 24.0 Å². The zero-order valence-corrected chi connectivity index (χ0v) is 21.6. The molecule has 1 aliphatic rings. The Morgan fingerprint density at radius 3 is 1.97 bits per heavy atom. The van der Waals surface area contributed by atoms with Crippen LogP contribution in [-0.2, 0) is 4.79 Å². The fraction of sp³-hybridized carbons (Fsp3) is 0.308. The minimum Gasteiger partial charge on any atom is -0.493 e. The summed E-state index contributed by atoms with van der Waals surface area (Å²) in [5, 5.41) is 25.7. The molecule has 2 atom stereocenters. The van der Waals surface area contributed by atoms with E-state index in [9.17, 15) is 10.1 Å². The van der Waals surface area contributed by atoms with Crippen LogP contribution in [0.15, 0.2) is 24.3 Å². The van der Waals surface area contributed by atoms with Gasteiger partial charge in [-0.15, -0.1) is 5.10 Å². The maximum Gasteiger partial charge on any atom is 0.308 e. The number of aromatic amines is 1. The predicted octanol–water partition coefficient (Wildman–Crippen LogP) is 3.69. The van der Waals surface area contributed by atoms with E-state index in [1.807, 2.05) is 0 Å². The molecule has 1 aromatic heterocycles. The van der Waals surface area contributed by atoms with Gasteiger partial charge in [-0.05, 0) is 29.8 Å². The minimum atomic E-state index is -1.02. The van der Waals surface area contributed by atoms with Crippen molar-refractivity contribution in [3.8, 4) is 57.7 Å². The van der Waals surface area contributed by atoms with E-state index in [0.717, 1.165) is 0 Å². The highest BCUT2D eigenvalue weighted by Crippen LogP contribution is 2.50. The Labute approximate surface area is 218 Å². The molecular formula is C26H26N4O8. The standard InChI is InChI=1S/C26H26N4O8/c1-12(31)37-24-18(34-4)7-13(8-19(24)35-5)20-15(11-27)25(28)38-26-21(20)22(29-30-26)14-9-16(32-2)23(36-6)17(10-14)33-3/h7-10,15,20,28H,1-6H3,(H,29,30). The highest BCUT2D eigenvalue weighted by atomic mass is 16.6. The Balaban J connectivity index is 1.98. The summed E-state index contributed by atoms with van der Waals surface area (Å²) in [5.74, 6) is -0.688. The van der Waals surface area contributed by atoms with Crippen molar-refractivity contribution in [3.05, 3.63) is 35.4 Å². The maximum absolute atomic E-state index is 11.7. The van der Waals surface area contributed by atoms with Crippen LogP contribution in [0.2, 0.25) is 0 Å². The summed E-state index contributed by atoms with van der Waals surface area (Å²) < 4.78 is 38.4. The number of hydrogen-bond acceptors (Lipinski definition) is 11. The van der Waals surface area contributed by atoms with Crippen molar-refractivity contribution in [3.63, 3.8) is 0 Å². The van der Waals surface area contributed by atoms with Crippen LogP contribution in [-0.4, -0.2) is 57.6 Å². The predicted molar refractivity (Wildman–Crippen MR) is 134 cm³/mol. The topological polar surface area (TPSA) is 158 Å². The first-order chi connectivity index (χ1) is 18.3. The lowest BCUT2D eigenvalue weighted by atomic mass is 9.78. The summed E-state index contributed by atoms with van der Waals surface area (Å²) in [6.07, 6.45) is 0. The first kappa shape index (κ1) is 26.2. The zero-order valence-electron chi connectivity index (χ0n) is 21.6. The molecule has 1 aliphatic heterocycles. The van der Waals surface area contributed by atoms with Crippen molar-refractivity contribution in [2.45, 2.75) is 12.8 Å². The van der Waals surface area contributed by atoms with Gasteiger partial charge in [-0.25, -0.2) is 0 Å². The molecule has 2 aromatic carbocycles. The lowest BCUT2D eigenvalue weighted by Gasteiger charge is -2.29. The van der Waals surface area contributed by atoms with Crippen molar-refractivity contribution in [2.24, 2.45) is 5.92 Å². The molecule has 3 aromatic rings. The number of fused-ring (bicyclic) bond motifs is 1. The average Bonchev–Trinajstić information content (AvgIpc) is 3.34. The average molecular weight is 523 g/mol. The molecule has 0 radical (unpaired) electrons. The van der Waals surface area contributed by atoms with Crippen LogP contribution in [0.3, 0.4) is 0 Å². The maximum atomic E-state index is 11.7. The zero-order chi connectivity index (χ0) is 27.6. The van der Waals surface area contributed by atoms with Crippen LogP contribution in [0.5, 0.6) is 40.4 Å². The summed E-state index contributed by atoms with van der Waals surface area (Å²) in [6, 6.07) is 8.90. The molecule has 12 heteroatoms. The van der Waals surface area contributed by atoms with Crippen molar-refractivity contribution >= 4 is 11.9 Å². The van der Waals surface area contributed by atoms with Gasteiger partial charge >= 0.3 is 5.97 Å². The molecule has 0 saturated heterocycles. The van der Waals surface area contributed by atoms with E-state index < -0.39 is 17.8 Å². The molecule has 0 amide bonds. The van der Waals surface area contributed by atoms with Gasteiger partial charge < -0.3 is 33.2 Å². The number of aromatic nitrogens is 2. The molecule has 198 valence electrons. The SMILES string of the molecule is COc1cc(-c2[nH]nc3c2C(c2cc(OC)c(OC(C)=O)c(OC)c2)C(C#N)C(=N)O3)cc(OC)c1OC. The molecule has 4 rings (SSSR count). The number of ether oxygens (including phenoxy) is 7. The van der Waals surface area contributed by atoms with Gasteiger partial charge in [0.2, 0.25) is 23.3 Å². The van der Waals surface area contributed by atoms with Gasteiger partial charge in [-0.3, -0.25) is 15.3 Å². The van der Waals surface area contributed by atoms with Gasteiger partial charge in [0.05, 0.1) is 52.9 Å². The van der Waals surface area contributed by atoms with E-state index in [1.54, 1.807) is 24.3 Å². The highest BCUT2D eigenvalue weighted by molar-refractivity contribution is 5.87. The number of nitrogens with zero attached hydrogens (tertiary/aromatic N) is 2. The second-order valence-corrected chi connectivity index (χ2v) is 8.13. The number of carbonyl (C=O) groups is 1. The summed E-state index contributed by atoms with van der Waals surface area (Å²) >= 11 is 0. The fourth-order valence-electron chi connectivity index (χ4n) is 4.45. The lowest BCUT2D eigenvalue weighted by Crippen LogP contribution is -2.31. The van der Waals surface area contributed by atoms with Crippen LogP contribution in [0, 0.1) is 22.7 Å². The molecule has 0 spiro atoms. The minimum absolute atomic E-state index is 0.0964. The second-order valence-electron chi connectivity index (χ2n) is 8.13. The summed E-state index contributed by atoms with van der Waals surface area (Å²) in [6.45, 7) is 1.26. The third-order valence-corrected chi connectivity index (χ3v) is 6.08. The molecule has 2 heterocycles. The van der Waals surface area contributed by atoms with Crippen LogP contribution >= 0.6 is 0 Å². The number of methoxy groups -OCH3 is 5. The number of H-pyrrole nitrogens is 1. The first-order valence-electron chi connectivity index (χ1n) is 11.3. The number of rotatable bonds is 8. The molecule has 12 nitrogen and oxygen atoms in total. The van der Waals surface area contributed by atoms with Gasteiger partial charge in [0.25, 0.3) is 0 Å². The smallest absolute Gasteiger partial charge is 0.308 e. The number of nitrogens with one attached hydrogen (secondary N) is 2. The molecule has 0 saturated carbocycles. The third-order valence-electron chi connectivity index (χ3n) is 6.08. The van der Waals surface area contributed by atoms with Crippen LogP contribution < -0.4 is 33.2 Å².